The van der Waals surface area contributed by atoms with Crippen LogP contribution in [-0.2, 0) is 13.0 Å². The third-order valence-electron chi connectivity index (χ3n) is 3.38. The van der Waals surface area contributed by atoms with E-state index in [2.05, 4.69) is 26.1 Å². The SMILES string of the molecule is CCCNCc1sc(CCC(C)C)nc1C1CC1. The maximum atomic E-state index is 4.90. The number of aryl methyl sites for hydroxylation is 1. The topological polar surface area (TPSA) is 24.9 Å². The quantitative estimate of drug-likeness (QED) is 0.716. The standard InChI is InChI=1S/C15H26N2S/c1-4-9-16-10-13-15(12-6-7-12)17-14(18-13)8-5-11(2)3/h11-12,16H,4-10H2,1-3H3. The van der Waals surface area contributed by atoms with Crippen LogP contribution in [0.15, 0.2) is 0 Å². The second-order valence-electron chi connectivity index (χ2n) is 5.80. The van der Waals surface area contributed by atoms with Crippen molar-refractivity contribution >= 4 is 11.3 Å². The van der Waals surface area contributed by atoms with Gasteiger partial charge in [0.15, 0.2) is 0 Å². The Morgan fingerprint density at radius 1 is 1.39 bits per heavy atom. The highest BCUT2D eigenvalue weighted by Crippen LogP contribution is 2.42. The van der Waals surface area contributed by atoms with Crippen LogP contribution >= 0.6 is 11.3 Å². The third kappa shape index (κ3) is 4.06. The van der Waals surface area contributed by atoms with Gasteiger partial charge in [-0.15, -0.1) is 11.3 Å². The van der Waals surface area contributed by atoms with Gasteiger partial charge in [-0.25, -0.2) is 4.98 Å². The fourth-order valence-electron chi connectivity index (χ4n) is 2.11. The molecule has 18 heavy (non-hydrogen) atoms. The Balaban J connectivity index is 1.97. The minimum atomic E-state index is 0.778. The lowest BCUT2D eigenvalue weighted by atomic mass is 10.1. The molecule has 1 heterocycles. The molecular weight excluding hydrogens is 240 g/mol. The van der Waals surface area contributed by atoms with Gasteiger partial charge >= 0.3 is 0 Å². The summed E-state index contributed by atoms with van der Waals surface area (Å²) in [5.41, 5.74) is 1.42. The molecule has 1 aliphatic rings. The van der Waals surface area contributed by atoms with E-state index in [0.29, 0.717) is 0 Å². The Kier molecular flexibility index (Phi) is 5.19. The molecule has 1 aliphatic carbocycles. The number of nitrogens with zero attached hydrogens (tertiary/aromatic N) is 1. The minimum Gasteiger partial charge on any atom is -0.312 e. The van der Waals surface area contributed by atoms with E-state index in [4.69, 9.17) is 4.98 Å². The predicted molar refractivity (Wildman–Crippen MR) is 79.2 cm³/mol. The Morgan fingerprint density at radius 2 is 2.17 bits per heavy atom. The van der Waals surface area contributed by atoms with Crippen LogP contribution in [0, 0.1) is 5.92 Å². The number of rotatable bonds is 8. The van der Waals surface area contributed by atoms with E-state index < -0.39 is 0 Å². The molecule has 0 atom stereocenters. The van der Waals surface area contributed by atoms with Crippen molar-refractivity contribution in [3.05, 3.63) is 15.6 Å². The average Bonchev–Trinajstić information content (AvgIpc) is 3.09. The zero-order valence-electron chi connectivity index (χ0n) is 12.0. The van der Waals surface area contributed by atoms with Crippen molar-refractivity contribution in [2.75, 3.05) is 6.54 Å². The Morgan fingerprint density at radius 3 is 2.78 bits per heavy atom. The van der Waals surface area contributed by atoms with Gasteiger partial charge in [0.05, 0.1) is 10.7 Å². The van der Waals surface area contributed by atoms with Crippen molar-refractivity contribution in [1.82, 2.24) is 10.3 Å². The number of thiazole rings is 1. The summed E-state index contributed by atoms with van der Waals surface area (Å²) in [6.07, 6.45) is 6.34. The van der Waals surface area contributed by atoms with Crippen molar-refractivity contribution in [2.45, 2.75) is 65.3 Å². The number of hydrogen-bond donors (Lipinski definition) is 1. The van der Waals surface area contributed by atoms with Crippen molar-refractivity contribution in [3.63, 3.8) is 0 Å². The highest BCUT2D eigenvalue weighted by Gasteiger charge is 2.29. The van der Waals surface area contributed by atoms with Crippen LogP contribution in [-0.4, -0.2) is 11.5 Å². The molecule has 3 heteroatoms. The van der Waals surface area contributed by atoms with E-state index in [1.165, 1.54) is 41.3 Å². The van der Waals surface area contributed by atoms with Crippen molar-refractivity contribution < 1.29 is 0 Å². The molecule has 0 aromatic carbocycles. The number of nitrogens with one attached hydrogen (secondary N) is 1. The second kappa shape index (κ2) is 6.67. The zero-order chi connectivity index (χ0) is 13.0. The van der Waals surface area contributed by atoms with Crippen LogP contribution in [0.25, 0.3) is 0 Å². The normalized spacial score (nSPS) is 15.6. The first-order valence-corrected chi connectivity index (χ1v) is 8.21. The summed E-state index contributed by atoms with van der Waals surface area (Å²) < 4.78 is 0. The van der Waals surface area contributed by atoms with E-state index in [9.17, 15) is 0 Å². The molecule has 1 fully saturated rings. The van der Waals surface area contributed by atoms with Gasteiger partial charge in [0.25, 0.3) is 0 Å². The molecule has 1 aromatic heterocycles. The molecule has 0 spiro atoms. The minimum absolute atomic E-state index is 0.778. The van der Waals surface area contributed by atoms with E-state index in [1.54, 1.807) is 0 Å². The van der Waals surface area contributed by atoms with Gasteiger partial charge in [0.2, 0.25) is 0 Å². The molecule has 0 bridgehead atoms. The van der Waals surface area contributed by atoms with Gasteiger partial charge in [0.1, 0.15) is 0 Å². The predicted octanol–water partition coefficient (Wildman–Crippen LogP) is 4.11. The third-order valence-corrected chi connectivity index (χ3v) is 4.51. The zero-order valence-corrected chi connectivity index (χ0v) is 12.8. The molecule has 1 saturated carbocycles. The van der Waals surface area contributed by atoms with Crippen LogP contribution in [0.5, 0.6) is 0 Å². The summed E-state index contributed by atoms with van der Waals surface area (Å²) in [7, 11) is 0. The molecule has 2 nitrogen and oxygen atoms in total. The average molecular weight is 266 g/mol. The maximum Gasteiger partial charge on any atom is 0.0931 e. The van der Waals surface area contributed by atoms with Gasteiger partial charge in [-0.3, -0.25) is 0 Å². The first-order chi connectivity index (χ1) is 8.70. The molecule has 0 aliphatic heterocycles. The van der Waals surface area contributed by atoms with Crippen LogP contribution in [0.2, 0.25) is 0 Å². The summed E-state index contributed by atoms with van der Waals surface area (Å²) >= 11 is 1.95. The molecule has 0 amide bonds. The van der Waals surface area contributed by atoms with Gasteiger partial charge in [-0.2, -0.15) is 0 Å². The number of hydrogen-bond acceptors (Lipinski definition) is 3. The fourth-order valence-corrected chi connectivity index (χ4v) is 3.25. The van der Waals surface area contributed by atoms with Crippen molar-refractivity contribution in [1.29, 1.82) is 0 Å². The van der Waals surface area contributed by atoms with Crippen LogP contribution in [0.1, 0.15) is 68.0 Å². The van der Waals surface area contributed by atoms with E-state index in [-0.39, 0.29) is 0 Å². The first kappa shape index (κ1) is 14.0. The lowest BCUT2D eigenvalue weighted by Crippen LogP contribution is -2.13. The molecule has 1 N–H and O–H groups in total. The summed E-state index contributed by atoms with van der Waals surface area (Å²) in [6.45, 7) is 8.94. The molecule has 102 valence electrons. The Labute approximate surface area is 115 Å². The highest BCUT2D eigenvalue weighted by atomic mass is 32.1. The maximum absolute atomic E-state index is 4.90. The molecule has 2 rings (SSSR count). The molecule has 0 unspecified atom stereocenters. The first-order valence-electron chi connectivity index (χ1n) is 7.39. The fraction of sp³-hybridized carbons (Fsp3) is 0.800. The van der Waals surface area contributed by atoms with E-state index >= 15 is 0 Å². The summed E-state index contributed by atoms with van der Waals surface area (Å²) in [4.78, 5) is 6.41. The van der Waals surface area contributed by atoms with Crippen molar-refractivity contribution in [3.8, 4) is 0 Å². The van der Waals surface area contributed by atoms with E-state index in [1.807, 2.05) is 11.3 Å². The number of aromatic nitrogens is 1. The summed E-state index contributed by atoms with van der Waals surface area (Å²) in [6, 6.07) is 0. The van der Waals surface area contributed by atoms with Crippen molar-refractivity contribution in [2.24, 2.45) is 5.92 Å². The lowest BCUT2D eigenvalue weighted by Gasteiger charge is -2.02. The molecule has 0 radical (unpaired) electrons. The smallest absolute Gasteiger partial charge is 0.0931 e. The monoisotopic (exact) mass is 266 g/mol. The van der Waals surface area contributed by atoms with Crippen LogP contribution in [0.3, 0.4) is 0 Å². The largest absolute Gasteiger partial charge is 0.312 e. The van der Waals surface area contributed by atoms with Gasteiger partial charge in [-0.1, -0.05) is 20.8 Å². The summed E-state index contributed by atoms with van der Waals surface area (Å²) in [5.74, 6) is 1.56. The lowest BCUT2D eigenvalue weighted by molar-refractivity contribution is 0.585. The van der Waals surface area contributed by atoms with Gasteiger partial charge in [-0.05, 0) is 44.6 Å². The van der Waals surface area contributed by atoms with Crippen LogP contribution in [0.4, 0.5) is 0 Å². The Bertz CT molecular complexity index is 367. The molecular formula is C15H26N2S. The Hall–Kier alpha value is -0.410. The molecule has 1 aromatic rings. The van der Waals surface area contributed by atoms with Crippen LogP contribution < -0.4 is 5.32 Å². The highest BCUT2D eigenvalue weighted by molar-refractivity contribution is 7.11. The van der Waals surface area contributed by atoms with Gasteiger partial charge in [0, 0.05) is 17.3 Å². The second-order valence-corrected chi connectivity index (χ2v) is 6.97. The summed E-state index contributed by atoms with van der Waals surface area (Å²) in [5, 5.41) is 4.88. The molecule has 0 saturated heterocycles. The van der Waals surface area contributed by atoms with E-state index in [0.717, 1.165) is 31.3 Å². The van der Waals surface area contributed by atoms with Gasteiger partial charge < -0.3 is 5.32 Å².